The molecule has 27 heavy (non-hydrogen) atoms. The van der Waals surface area contributed by atoms with Crippen molar-refractivity contribution in [2.75, 3.05) is 20.1 Å². The molecule has 1 saturated heterocycles. The Morgan fingerprint density at radius 3 is 2.15 bits per heavy atom. The van der Waals surface area contributed by atoms with Crippen LogP contribution in [0, 0.1) is 12.7 Å². The maximum Gasteiger partial charge on any atom is 0.294 e. The minimum Gasteiger partial charge on any atom is -0.310 e. The van der Waals surface area contributed by atoms with Crippen molar-refractivity contribution in [1.29, 1.82) is 0 Å². The van der Waals surface area contributed by atoms with Crippen molar-refractivity contribution in [3.63, 3.8) is 0 Å². The van der Waals surface area contributed by atoms with Gasteiger partial charge in [0.25, 0.3) is 10.1 Å². The summed E-state index contributed by atoms with van der Waals surface area (Å²) in [6.45, 7) is 5.02. The van der Waals surface area contributed by atoms with Crippen LogP contribution in [-0.2, 0) is 16.7 Å². The summed E-state index contributed by atoms with van der Waals surface area (Å²) in [5, 5.41) is 3.53. The van der Waals surface area contributed by atoms with Gasteiger partial charge in [-0.3, -0.25) is 4.55 Å². The Morgan fingerprint density at radius 1 is 1.07 bits per heavy atom. The maximum absolute atomic E-state index is 12.7. The van der Waals surface area contributed by atoms with Crippen LogP contribution in [0.25, 0.3) is 0 Å². The van der Waals surface area contributed by atoms with Gasteiger partial charge in [-0.2, -0.15) is 8.42 Å². The molecule has 2 aromatic rings. The van der Waals surface area contributed by atoms with Gasteiger partial charge in [-0.1, -0.05) is 29.8 Å². The molecule has 0 bridgehead atoms. The second-order valence-electron chi connectivity index (χ2n) is 6.87. The Kier molecular flexibility index (Phi) is 7.91. The molecule has 0 spiro atoms. The van der Waals surface area contributed by atoms with Gasteiger partial charge in [0, 0.05) is 12.6 Å². The summed E-state index contributed by atoms with van der Waals surface area (Å²) in [6.07, 6.45) is 2.41. The average Bonchev–Trinajstić information content (AvgIpc) is 2.63. The molecule has 1 aliphatic heterocycles. The van der Waals surface area contributed by atoms with Crippen molar-refractivity contribution < 1.29 is 17.4 Å². The molecule has 1 aliphatic rings. The van der Waals surface area contributed by atoms with Gasteiger partial charge in [-0.15, -0.1) is 0 Å². The van der Waals surface area contributed by atoms with Gasteiger partial charge in [0.2, 0.25) is 0 Å². The Labute approximate surface area is 161 Å². The van der Waals surface area contributed by atoms with E-state index in [0.717, 1.165) is 17.7 Å². The number of piperidine rings is 1. The number of nitrogens with one attached hydrogen (secondary N) is 1. The lowest BCUT2D eigenvalue weighted by molar-refractivity contribution is 0.234. The highest BCUT2D eigenvalue weighted by molar-refractivity contribution is 7.85. The van der Waals surface area contributed by atoms with Crippen LogP contribution in [0.15, 0.2) is 53.4 Å². The van der Waals surface area contributed by atoms with E-state index in [2.05, 4.69) is 17.3 Å². The van der Waals surface area contributed by atoms with E-state index in [1.807, 2.05) is 19.1 Å². The molecule has 148 valence electrons. The smallest absolute Gasteiger partial charge is 0.294 e. The first-order chi connectivity index (χ1) is 12.7. The number of aryl methyl sites for hydroxylation is 1. The molecule has 1 heterocycles. The average molecular weight is 395 g/mol. The van der Waals surface area contributed by atoms with Crippen LogP contribution < -0.4 is 5.32 Å². The number of halogens is 1. The van der Waals surface area contributed by atoms with Crippen molar-refractivity contribution in [1.82, 2.24) is 10.2 Å². The van der Waals surface area contributed by atoms with Gasteiger partial charge >= 0.3 is 0 Å². The fraction of sp³-hybridized carbons (Fsp3) is 0.400. The molecule has 2 N–H and O–H groups in total. The standard InChI is InChI=1S/C13H19FN2.C7H8O3S/c1-16-8-6-13(7-9-16)15-10-11-2-4-12(14)5-3-11;1-6-2-4-7(5-3-6)11(8,9)10/h2-5,13,15H,6-10H2,1H3;2-5H,1H3,(H,8,9,10). The predicted molar refractivity (Wildman–Crippen MR) is 105 cm³/mol. The van der Waals surface area contributed by atoms with Crippen LogP contribution in [0.2, 0.25) is 0 Å². The van der Waals surface area contributed by atoms with E-state index in [0.29, 0.717) is 6.04 Å². The lowest BCUT2D eigenvalue weighted by Gasteiger charge is -2.29. The molecule has 0 aromatic heterocycles. The van der Waals surface area contributed by atoms with Crippen LogP contribution in [0.5, 0.6) is 0 Å². The highest BCUT2D eigenvalue weighted by Crippen LogP contribution is 2.10. The van der Waals surface area contributed by atoms with Crippen molar-refractivity contribution in [2.24, 2.45) is 0 Å². The Balaban J connectivity index is 0.000000208. The molecular weight excluding hydrogens is 367 g/mol. The van der Waals surface area contributed by atoms with Crippen LogP contribution in [-0.4, -0.2) is 44.0 Å². The normalized spacial score (nSPS) is 15.9. The van der Waals surface area contributed by atoms with Gasteiger partial charge in [0.05, 0.1) is 4.90 Å². The Morgan fingerprint density at radius 2 is 1.63 bits per heavy atom. The van der Waals surface area contributed by atoms with Gasteiger partial charge in [0.1, 0.15) is 5.82 Å². The molecule has 0 unspecified atom stereocenters. The van der Waals surface area contributed by atoms with Crippen LogP contribution in [0.3, 0.4) is 0 Å². The third kappa shape index (κ3) is 7.76. The monoisotopic (exact) mass is 394 g/mol. The number of nitrogens with zero attached hydrogens (tertiary/aromatic N) is 1. The summed E-state index contributed by atoms with van der Waals surface area (Å²) in [6, 6.07) is 13.3. The first kappa shape index (κ1) is 21.5. The van der Waals surface area contributed by atoms with E-state index in [9.17, 15) is 12.8 Å². The van der Waals surface area contributed by atoms with E-state index in [4.69, 9.17) is 4.55 Å². The minimum atomic E-state index is -4.02. The second kappa shape index (κ2) is 9.94. The number of hydrogen-bond acceptors (Lipinski definition) is 4. The van der Waals surface area contributed by atoms with E-state index >= 15 is 0 Å². The SMILES string of the molecule is CN1CCC(NCc2ccc(F)cc2)CC1.Cc1ccc(S(=O)(=O)O)cc1. The largest absolute Gasteiger partial charge is 0.310 e. The fourth-order valence-corrected chi connectivity index (χ4v) is 3.27. The molecule has 0 saturated carbocycles. The third-order valence-electron chi connectivity index (χ3n) is 4.55. The van der Waals surface area contributed by atoms with Crippen LogP contribution in [0.4, 0.5) is 4.39 Å². The highest BCUT2D eigenvalue weighted by Gasteiger charge is 2.15. The molecule has 3 rings (SSSR count). The Bertz CT molecular complexity index is 800. The third-order valence-corrected chi connectivity index (χ3v) is 5.41. The zero-order chi connectivity index (χ0) is 19.9. The van der Waals surface area contributed by atoms with Crippen molar-refractivity contribution in [2.45, 2.75) is 37.2 Å². The summed E-state index contributed by atoms with van der Waals surface area (Å²) in [5.41, 5.74) is 2.11. The van der Waals surface area contributed by atoms with E-state index < -0.39 is 10.1 Å². The molecule has 0 radical (unpaired) electrons. The molecule has 1 fully saturated rings. The molecule has 0 aliphatic carbocycles. The zero-order valence-electron chi connectivity index (χ0n) is 15.7. The topological polar surface area (TPSA) is 69.6 Å². The lowest BCUT2D eigenvalue weighted by atomic mass is 10.1. The summed E-state index contributed by atoms with van der Waals surface area (Å²) >= 11 is 0. The second-order valence-corrected chi connectivity index (χ2v) is 8.29. The molecule has 7 heteroatoms. The number of hydrogen-bond donors (Lipinski definition) is 2. The predicted octanol–water partition coefficient (Wildman–Crippen LogP) is 3.25. The van der Waals surface area contributed by atoms with Crippen LogP contribution >= 0.6 is 0 Å². The van der Waals surface area contributed by atoms with E-state index in [1.54, 1.807) is 12.1 Å². The summed E-state index contributed by atoms with van der Waals surface area (Å²) < 4.78 is 42.3. The quantitative estimate of drug-likeness (QED) is 0.779. The van der Waals surface area contributed by atoms with Crippen LogP contribution in [0.1, 0.15) is 24.0 Å². The molecular formula is C20H27FN2O3S. The van der Waals surface area contributed by atoms with Gasteiger partial charge in [0.15, 0.2) is 0 Å². The van der Waals surface area contributed by atoms with Gasteiger partial charge < -0.3 is 10.2 Å². The zero-order valence-corrected chi connectivity index (χ0v) is 16.5. The lowest BCUT2D eigenvalue weighted by Crippen LogP contribution is -2.40. The first-order valence-corrected chi connectivity index (χ1v) is 10.4. The summed E-state index contributed by atoms with van der Waals surface area (Å²) in [4.78, 5) is 2.29. The summed E-state index contributed by atoms with van der Waals surface area (Å²) in [7, 11) is -1.86. The number of likely N-dealkylation sites (tertiary alicyclic amines) is 1. The molecule has 0 atom stereocenters. The summed E-state index contributed by atoms with van der Waals surface area (Å²) in [5.74, 6) is -0.164. The van der Waals surface area contributed by atoms with Gasteiger partial charge in [-0.25, -0.2) is 4.39 Å². The number of rotatable bonds is 4. The first-order valence-electron chi connectivity index (χ1n) is 8.94. The fourth-order valence-electron chi connectivity index (χ4n) is 2.79. The molecule has 5 nitrogen and oxygen atoms in total. The maximum atomic E-state index is 12.7. The van der Waals surface area contributed by atoms with E-state index in [-0.39, 0.29) is 10.7 Å². The highest BCUT2D eigenvalue weighted by atomic mass is 32.2. The molecule has 2 aromatic carbocycles. The minimum absolute atomic E-state index is 0.0666. The van der Waals surface area contributed by atoms with E-state index in [1.165, 1.54) is 50.2 Å². The van der Waals surface area contributed by atoms with Crippen molar-refractivity contribution in [3.8, 4) is 0 Å². The molecule has 0 amide bonds. The van der Waals surface area contributed by atoms with Gasteiger partial charge in [-0.05, 0) is 69.7 Å². The van der Waals surface area contributed by atoms with Crippen molar-refractivity contribution in [3.05, 3.63) is 65.5 Å². The Hall–Kier alpha value is -1.80. The number of benzene rings is 2. The van der Waals surface area contributed by atoms with Crippen molar-refractivity contribution >= 4 is 10.1 Å².